The first-order valence-corrected chi connectivity index (χ1v) is 4.29. The van der Waals surface area contributed by atoms with Crippen LogP contribution in [0.25, 0.3) is 0 Å². The molecule has 1 aromatic heterocycles. The van der Waals surface area contributed by atoms with E-state index in [0.29, 0.717) is 5.92 Å². The molecule has 1 unspecified atom stereocenters. The quantitative estimate of drug-likeness (QED) is 0.607. The van der Waals surface area contributed by atoms with E-state index >= 15 is 0 Å². The van der Waals surface area contributed by atoms with E-state index in [0.717, 1.165) is 0 Å². The number of hydrogen-bond acceptors (Lipinski definition) is 1. The van der Waals surface area contributed by atoms with Gasteiger partial charge in [0, 0.05) is 12.4 Å². The van der Waals surface area contributed by atoms with Crippen molar-refractivity contribution >= 4 is 0 Å². The minimum Gasteiger partial charge on any atom is -0.264 e. The Morgan fingerprint density at radius 3 is 2.83 bits per heavy atom. The van der Waals surface area contributed by atoms with E-state index in [1.807, 2.05) is 19.3 Å². The molecule has 0 amide bonds. The van der Waals surface area contributed by atoms with Gasteiger partial charge in [-0.3, -0.25) is 4.98 Å². The van der Waals surface area contributed by atoms with Crippen molar-refractivity contribution in [2.75, 3.05) is 0 Å². The van der Waals surface area contributed by atoms with Crippen LogP contribution in [-0.4, -0.2) is 4.98 Å². The average Bonchev–Trinajstić information content (AvgIpc) is 2.05. The van der Waals surface area contributed by atoms with Crippen molar-refractivity contribution in [3.8, 4) is 0 Å². The summed E-state index contributed by atoms with van der Waals surface area (Å²) in [4.78, 5) is 4.06. The van der Waals surface area contributed by atoms with Gasteiger partial charge in [0.05, 0.1) is 0 Å². The lowest BCUT2D eigenvalue weighted by Gasteiger charge is -2.08. The monoisotopic (exact) mass is 161 g/mol. The van der Waals surface area contributed by atoms with E-state index in [9.17, 15) is 0 Å². The van der Waals surface area contributed by atoms with Crippen molar-refractivity contribution in [3.63, 3.8) is 0 Å². The third kappa shape index (κ3) is 1.94. The molecule has 0 aliphatic rings. The maximum absolute atomic E-state index is 4.06. The Balaban J connectivity index is 2.94. The largest absolute Gasteiger partial charge is 0.264 e. The summed E-state index contributed by atoms with van der Waals surface area (Å²) < 4.78 is 0. The molecule has 0 aliphatic heterocycles. The number of aryl methyl sites for hydroxylation is 1. The molecule has 0 saturated heterocycles. The highest BCUT2D eigenvalue weighted by molar-refractivity contribution is 5.28. The summed E-state index contributed by atoms with van der Waals surface area (Å²) in [6, 6.07) is 2.08. The van der Waals surface area contributed by atoms with E-state index < -0.39 is 0 Å². The van der Waals surface area contributed by atoms with Crippen LogP contribution in [0.3, 0.4) is 0 Å². The smallest absolute Gasteiger partial charge is 0.0300 e. The van der Waals surface area contributed by atoms with E-state index in [1.165, 1.54) is 11.1 Å². The highest BCUT2D eigenvalue weighted by Gasteiger charge is 2.02. The topological polar surface area (TPSA) is 12.9 Å². The van der Waals surface area contributed by atoms with Gasteiger partial charge in [0.1, 0.15) is 0 Å². The zero-order valence-corrected chi connectivity index (χ0v) is 7.91. The van der Waals surface area contributed by atoms with E-state index in [1.54, 1.807) is 0 Å². The van der Waals surface area contributed by atoms with Crippen LogP contribution in [0.1, 0.15) is 30.9 Å². The fourth-order valence-corrected chi connectivity index (χ4v) is 1.39. The van der Waals surface area contributed by atoms with Gasteiger partial charge >= 0.3 is 0 Å². The Morgan fingerprint density at radius 1 is 1.50 bits per heavy atom. The minimum absolute atomic E-state index is 0.498. The molecular formula is C11H15N. The second-order valence-corrected chi connectivity index (χ2v) is 3.05. The molecule has 0 N–H and O–H groups in total. The van der Waals surface area contributed by atoms with Gasteiger partial charge in [-0.15, -0.1) is 0 Å². The van der Waals surface area contributed by atoms with E-state index in [4.69, 9.17) is 0 Å². The van der Waals surface area contributed by atoms with Crippen molar-refractivity contribution in [3.05, 3.63) is 41.7 Å². The minimum atomic E-state index is 0.498. The molecule has 1 heterocycles. The molecule has 1 rings (SSSR count). The van der Waals surface area contributed by atoms with Gasteiger partial charge in [-0.2, -0.15) is 0 Å². The molecule has 1 aromatic rings. The molecule has 12 heavy (non-hydrogen) atoms. The Morgan fingerprint density at radius 2 is 2.25 bits per heavy atom. The van der Waals surface area contributed by atoms with E-state index in [2.05, 4.69) is 37.0 Å². The molecule has 0 aromatic carbocycles. The van der Waals surface area contributed by atoms with Gasteiger partial charge in [0.2, 0.25) is 0 Å². The normalized spacial score (nSPS) is 13.6. The van der Waals surface area contributed by atoms with Gasteiger partial charge in [-0.05, 0) is 37.0 Å². The summed E-state index contributed by atoms with van der Waals surface area (Å²) in [6.45, 7) is 6.34. The van der Waals surface area contributed by atoms with Crippen LogP contribution in [0.2, 0.25) is 0 Å². The second kappa shape index (κ2) is 4.05. The van der Waals surface area contributed by atoms with Crippen molar-refractivity contribution in [1.82, 2.24) is 4.98 Å². The highest BCUT2D eigenvalue weighted by atomic mass is 14.6. The number of pyridine rings is 1. The van der Waals surface area contributed by atoms with Crippen molar-refractivity contribution in [1.29, 1.82) is 0 Å². The van der Waals surface area contributed by atoms with Gasteiger partial charge in [0.15, 0.2) is 0 Å². The molecule has 1 heteroatoms. The van der Waals surface area contributed by atoms with Crippen LogP contribution in [0.15, 0.2) is 30.6 Å². The van der Waals surface area contributed by atoms with Gasteiger partial charge in [-0.1, -0.05) is 19.1 Å². The van der Waals surface area contributed by atoms with Crippen molar-refractivity contribution in [2.45, 2.75) is 26.7 Å². The average molecular weight is 161 g/mol. The van der Waals surface area contributed by atoms with Crippen molar-refractivity contribution < 1.29 is 0 Å². The molecule has 0 radical (unpaired) electrons. The first-order chi connectivity index (χ1) is 5.75. The van der Waals surface area contributed by atoms with E-state index in [-0.39, 0.29) is 0 Å². The number of nitrogens with zero attached hydrogens (tertiary/aromatic N) is 1. The third-order valence-corrected chi connectivity index (χ3v) is 2.04. The zero-order chi connectivity index (χ0) is 8.97. The first-order valence-electron chi connectivity index (χ1n) is 4.29. The van der Waals surface area contributed by atoms with Gasteiger partial charge in [0.25, 0.3) is 0 Å². The summed E-state index contributed by atoms with van der Waals surface area (Å²) in [5.74, 6) is 0.498. The van der Waals surface area contributed by atoms with Crippen LogP contribution in [0.4, 0.5) is 0 Å². The first kappa shape index (κ1) is 8.98. The second-order valence-electron chi connectivity index (χ2n) is 3.05. The Hall–Kier alpha value is -1.11. The number of aromatic nitrogens is 1. The molecule has 1 atom stereocenters. The van der Waals surface area contributed by atoms with Crippen molar-refractivity contribution in [2.24, 2.45) is 0 Å². The molecule has 64 valence electrons. The fourth-order valence-electron chi connectivity index (χ4n) is 1.39. The third-order valence-electron chi connectivity index (χ3n) is 2.04. The Bertz CT molecular complexity index is 276. The molecule has 0 bridgehead atoms. The van der Waals surface area contributed by atoms with Crippen LogP contribution in [0.5, 0.6) is 0 Å². The summed E-state index contributed by atoms with van der Waals surface area (Å²) in [5.41, 5.74) is 2.63. The van der Waals surface area contributed by atoms with Crippen LogP contribution < -0.4 is 0 Å². The molecule has 1 nitrogen and oxygen atoms in total. The Kier molecular flexibility index (Phi) is 3.03. The maximum atomic E-state index is 4.06. The summed E-state index contributed by atoms with van der Waals surface area (Å²) in [5, 5.41) is 0. The highest BCUT2D eigenvalue weighted by Crippen LogP contribution is 2.18. The molecular weight excluding hydrogens is 146 g/mol. The summed E-state index contributed by atoms with van der Waals surface area (Å²) >= 11 is 0. The standard InChI is InChI=1S/C11H15N/c1-4-5-9(2)11-6-7-12-8-10(11)3/h4-9H,1-3H3/b5-4+. The summed E-state index contributed by atoms with van der Waals surface area (Å²) in [6.07, 6.45) is 8.05. The number of rotatable bonds is 2. The van der Waals surface area contributed by atoms with Crippen LogP contribution in [0, 0.1) is 6.92 Å². The van der Waals surface area contributed by atoms with Crippen LogP contribution in [-0.2, 0) is 0 Å². The lowest BCUT2D eigenvalue weighted by molar-refractivity contribution is 0.941. The van der Waals surface area contributed by atoms with Gasteiger partial charge < -0.3 is 0 Å². The Labute approximate surface area is 74.2 Å². The lowest BCUT2D eigenvalue weighted by Crippen LogP contribution is -1.93. The molecule has 0 spiro atoms. The predicted octanol–water partition coefficient (Wildman–Crippen LogP) is 3.07. The van der Waals surface area contributed by atoms with Crippen LogP contribution >= 0.6 is 0 Å². The summed E-state index contributed by atoms with van der Waals surface area (Å²) in [7, 11) is 0. The lowest BCUT2D eigenvalue weighted by atomic mass is 9.98. The molecule has 0 saturated carbocycles. The SMILES string of the molecule is C/C=C/C(C)c1ccncc1C. The number of allylic oxidation sites excluding steroid dienone is 2. The molecule has 0 aliphatic carbocycles. The molecule has 0 fully saturated rings. The fraction of sp³-hybridized carbons (Fsp3) is 0.364. The zero-order valence-electron chi connectivity index (χ0n) is 7.91. The number of hydrogen-bond donors (Lipinski definition) is 0. The maximum Gasteiger partial charge on any atom is 0.0300 e. The predicted molar refractivity (Wildman–Crippen MR) is 52.2 cm³/mol. The van der Waals surface area contributed by atoms with Gasteiger partial charge in [-0.25, -0.2) is 0 Å².